The monoisotopic (exact) mass is 491 g/mol. The van der Waals surface area contributed by atoms with Gasteiger partial charge in [0.15, 0.2) is 0 Å². The predicted octanol–water partition coefficient (Wildman–Crippen LogP) is 2.51. The molecule has 2 aromatic heterocycles. The van der Waals surface area contributed by atoms with Crippen molar-refractivity contribution in [2.45, 2.75) is 68.0 Å². The lowest BCUT2D eigenvalue weighted by Gasteiger charge is -2.49. The fourth-order valence-electron chi connectivity index (χ4n) is 6.69. The van der Waals surface area contributed by atoms with Gasteiger partial charge in [-0.15, -0.1) is 0 Å². The van der Waals surface area contributed by atoms with Crippen LogP contribution in [0.1, 0.15) is 44.6 Å². The Morgan fingerprint density at radius 2 is 1.97 bits per heavy atom. The summed E-state index contributed by atoms with van der Waals surface area (Å²) in [5.74, 6) is 1.26. The molecule has 4 aliphatic rings. The van der Waals surface area contributed by atoms with Gasteiger partial charge in [-0.25, -0.2) is 9.97 Å². The van der Waals surface area contributed by atoms with Crippen LogP contribution in [0, 0.1) is 0 Å². The maximum absolute atomic E-state index is 11.0. The average molecular weight is 492 g/mol. The summed E-state index contributed by atoms with van der Waals surface area (Å²) in [5.41, 5.74) is 8.23. The van der Waals surface area contributed by atoms with Crippen molar-refractivity contribution in [2.75, 3.05) is 32.0 Å². The molecule has 0 atom stereocenters. The van der Waals surface area contributed by atoms with E-state index in [4.69, 9.17) is 15.2 Å². The Morgan fingerprint density at radius 3 is 2.69 bits per heavy atom. The Labute approximate surface area is 209 Å². The Kier molecular flexibility index (Phi) is 5.08. The zero-order valence-corrected chi connectivity index (χ0v) is 20.3. The van der Waals surface area contributed by atoms with Gasteiger partial charge in [-0.05, 0) is 56.2 Å². The number of fused-ring (bicyclic) bond motifs is 3. The van der Waals surface area contributed by atoms with Gasteiger partial charge in [0, 0.05) is 37.4 Å². The Balaban J connectivity index is 1.14. The number of likely N-dealkylation sites (tertiary alicyclic amines) is 1. The second kappa shape index (κ2) is 8.14. The summed E-state index contributed by atoms with van der Waals surface area (Å²) in [6.45, 7) is 2.45. The number of aliphatic hydroxyl groups excluding tert-OH is 1. The largest absolute Gasteiger partial charge is 0.491 e. The molecule has 190 valence electrons. The Hall–Kier alpha value is -2.72. The zero-order chi connectivity index (χ0) is 24.5. The fourth-order valence-corrected chi connectivity index (χ4v) is 6.69. The van der Waals surface area contributed by atoms with Crippen molar-refractivity contribution in [3.63, 3.8) is 0 Å². The minimum Gasteiger partial charge on any atom is -0.491 e. The summed E-state index contributed by atoms with van der Waals surface area (Å²) in [7, 11) is 0. The maximum atomic E-state index is 11.0. The minimum atomic E-state index is -0.741. The van der Waals surface area contributed by atoms with E-state index < -0.39 is 5.60 Å². The van der Waals surface area contributed by atoms with Gasteiger partial charge in [0.25, 0.3) is 0 Å². The summed E-state index contributed by atoms with van der Waals surface area (Å²) in [4.78, 5) is 10.9. The topological polar surface area (TPSA) is 119 Å². The van der Waals surface area contributed by atoms with Crippen molar-refractivity contribution in [1.29, 1.82) is 0 Å². The predicted molar refractivity (Wildman–Crippen MR) is 135 cm³/mol. The molecule has 9 heteroatoms. The molecule has 7 rings (SSSR count). The van der Waals surface area contributed by atoms with E-state index >= 15 is 0 Å². The summed E-state index contributed by atoms with van der Waals surface area (Å²) in [6, 6.07) is 8.22. The van der Waals surface area contributed by atoms with Gasteiger partial charge in [0.1, 0.15) is 35.7 Å². The summed E-state index contributed by atoms with van der Waals surface area (Å²) in [6.07, 6.45) is 9.44. The van der Waals surface area contributed by atoms with Crippen molar-refractivity contribution >= 4 is 16.9 Å². The van der Waals surface area contributed by atoms with Gasteiger partial charge < -0.3 is 30.0 Å². The lowest BCUT2D eigenvalue weighted by atomic mass is 9.74. The van der Waals surface area contributed by atoms with Gasteiger partial charge in [-0.3, -0.25) is 4.90 Å². The molecule has 2 bridgehead atoms. The third-order valence-corrected chi connectivity index (χ3v) is 8.63. The highest BCUT2D eigenvalue weighted by Gasteiger charge is 2.47. The molecule has 3 aliphatic heterocycles. The van der Waals surface area contributed by atoms with E-state index in [2.05, 4.69) is 37.8 Å². The molecular weight excluding hydrogens is 458 g/mol. The molecule has 0 spiro atoms. The highest BCUT2D eigenvalue weighted by atomic mass is 16.6. The molecule has 1 aliphatic carbocycles. The molecule has 9 nitrogen and oxygen atoms in total. The van der Waals surface area contributed by atoms with Crippen molar-refractivity contribution in [2.24, 2.45) is 0 Å². The molecule has 36 heavy (non-hydrogen) atoms. The Bertz CT molecular complexity index is 1290. The summed E-state index contributed by atoms with van der Waals surface area (Å²) < 4.78 is 14.6. The van der Waals surface area contributed by atoms with Gasteiger partial charge in [0.05, 0.1) is 23.2 Å². The molecule has 4 fully saturated rings. The standard InChI is InChI=1S/C27H33N5O4/c28-24-23-22(17-2-1-3-21(8-17)35-15-27-6-4-20(36-27)5-7-27)13-32(25(23)30-16-29-24)18-9-26(34,10-18)14-31-11-19(33)12-31/h1-3,8,13,16,18-20,33-34H,4-7,9-12,14-15H2,(H2,28,29,30). The average Bonchev–Trinajstić information content (AvgIpc) is 3.54. The number of rotatable bonds is 7. The van der Waals surface area contributed by atoms with E-state index in [1.165, 1.54) is 6.33 Å². The van der Waals surface area contributed by atoms with E-state index in [-0.39, 0.29) is 17.7 Å². The first-order chi connectivity index (χ1) is 17.4. The van der Waals surface area contributed by atoms with E-state index in [1.807, 2.05) is 12.1 Å². The van der Waals surface area contributed by atoms with Crippen LogP contribution >= 0.6 is 0 Å². The number of aliphatic hydroxyl groups is 2. The number of anilines is 1. The van der Waals surface area contributed by atoms with E-state index in [9.17, 15) is 10.2 Å². The van der Waals surface area contributed by atoms with Crippen molar-refractivity contribution in [3.05, 3.63) is 36.8 Å². The van der Waals surface area contributed by atoms with Gasteiger partial charge >= 0.3 is 0 Å². The first-order valence-corrected chi connectivity index (χ1v) is 13.0. The molecule has 5 heterocycles. The van der Waals surface area contributed by atoms with Crippen LogP contribution in [0.4, 0.5) is 5.82 Å². The molecular formula is C27H33N5O4. The van der Waals surface area contributed by atoms with Crippen LogP contribution in [-0.2, 0) is 4.74 Å². The summed E-state index contributed by atoms with van der Waals surface area (Å²) in [5, 5.41) is 21.4. The number of aromatic nitrogens is 3. The molecule has 3 saturated heterocycles. The maximum Gasteiger partial charge on any atom is 0.146 e. The van der Waals surface area contributed by atoms with E-state index in [1.54, 1.807) is 0 Å². The van der Waals surface area contributed by atoms with Crippen LogP contribution in [0.2, 0.25) is 0 Å². The Morgan fingerprint density at radius 1 is 1.17 bits per heavy atom. The second-order valence-corrected chi connectivity index (χ2v) is 11.4. The van der Waals surface area contributed by atoms with Gasteiger partial charge in [-0.2, -0.15) is 0 Å². The highest BCUT2D eigenvalue weighted by molar-refractivity contribution is 6.00. The number of β-amino-alcohol motifs (C(OH)–C–C–N with tert-alkyl or cyclic N) is 2. The third kappa shape index (κ3) is 3.76. The van der Waals surface area contributed by atoms with E-state index in [0.29, 0.717) is 51.0 Å². The van der Waals surface area contributed by atoms with Gasteiger partial charge in [0.2, 0.25) is 0 Å². The normalized spacial score (nSPS) is 32.1. The first-order valence-electron chi connectivity index (χ1n) is 13.0. The third-order valence-electron chi connectivity index (χ3n) is 8.63. The lowest BCUT2D eigenvalue weighted by Crippen LogP contribution is -2.60. The smallest absolute Gasteiger partial charge is 0.146 e. The van der Waals surface area contributed by atoms with Crippen LogP contribution in [0.3, 0.4) is 0 Å². The van der Waals surface area contributed by atoms with Crippen molar-refractivity contribution < 1.29 is 19.7 Å². The number of nitrogens with two attached hydrogens (primary N) is 1. The van der Waals surface area contributed by atoms with E-state index in [0.717, 1.165) is 53.6 Å². The number of ether oxygens (including phenoxy) is 2. The SMILES string of the molecule is Nc1ncnc2c1c(-c1cccc(OCC34CCC(CC3)O4)c1)cn2C1CC(O)(CN2CC(O)C2)C1. The van der Waals surface area contributed by atoms with Crippen LogP contribution in [0.5, 0.6) is 5.75 Å². The van der Waals surface area contributed by atoms with Crippen molar-refractivity contribution in [1.82, 2.24) is 19.4 Å². The molecule has 0 unspecified atom stereocenters. The highest BCUT2D eigenvalue weighted by Crippen LogP contribution is 2.46. The van der Waals surface area contributed by atoms with Crippen LogP contribution in [-0.4, -0.2) is 79.3 Å². The first kappa shape index (κ1) is 22.5. The molecule has 1 saturated carbocycles. The quantitative estimate of drug-likeness (QED) is 0.461. The molecule has 3 aromatic rings. The number of hydrogen-bond donors (Lipinski definition) is 3. The fraction of sp³-hybridized carbons (Fsp3) is 0.556. The molecule has 1 aromatic carbocycles. The molecule has 4 N–H and O–H groups in total. The second-order valence-electron chi connectivity index (χ2n) is 11.4. The van der Waals surface area contributed by atoms with Crippen LogP contribution < -0.4 is 10.5 Å². The van der Waals surface area contributed by atoms with Gasteiger partial charge in [-0.1, -0.05) is 12.1 Å². The number of hydrogen-bond acceptors (Lipinski definition) is 8. The zero-order valence-electron chi connectivity index (χ0n) is 20.3. The minimum absolute atomic E-state index is 0.121. The summed E-state index contributed by atoms with van der Waals surface area (Å²) >= 11 is 0. The number of benzene rings is 1. The van der Waals surface area contributed by atoms with Crippen LogP contribution in [0.15, 0.2) is 36.8 Å². The number of nitrogens with zero attached hydrogens (tertiary/aromatic N) is 4. The molecule has 0 amide bonds. The van der Waals surface area contributed by atoms with Crippen molar-refractivity contribution in [3.8, 4) is 16.9 Å². The number of nitrogen functional groups attached to an aromatic ring is 1. The lowest BCUT2D eigenvalue weighted by molar-refractivity contribution is -0.115. The molecule has 0 radical (unpaired) electrons. The van der Waals surface area contributed by atoms with Crippen LogP contribution in [0.25, 0.3) is 22.2 Å².